The number of fused-ring (bicyclic) bond motifs is 3. The van der Waals surface area contributed by atoms with Crippen LogP contribution in [0.1, 0.15) is 69.0 Å². The van der Waals surface area contributed by atoms with E-state index >= 15 is 0 Å². The van der Waals surface area contributed by atoms with Crippen molar-refractivity contribution < 1.29 is 9.01 Å². The van der Waals surface area contributed by atoms with E-state index in [-0.39, 0.29) is 0 Å². The highest BCUT2D eigenvalue weighted by atomic mass is 16.5. The smallest absolute Gasteiger partial charge is 0.229 e. The molecule has 0 amide bonds. The summed E-state index contributed by atoms with van der Waals surface area (Å²) in [5.41, 5.74) is 0. The minimum Gasteiger partial charge on any atom is -0.339 e. The Morgan fingerprint density at radius 3 is 2.35 bits per heavy atom. The number of nitrogens with zero attached hydrogens (tertiary/aromatic N) is 3. The van der Waals surface area contributed by atoms with Gasteiger partial charge in [0, 0.05) is 5.92 Å². The van der Waals surface area contributed by atoms with Crippen molar-refractivity contribution in [2.45, 2.75) is 63.8 Å². The van der Waals surface area contributed by atoms with Crippen LogP contribution in [0.5, 0.6) is 0 Å². The van der Waals surface area contributed by atoms with E-state index in [1.165, 1.54) is 75.5 Å². The minimum atomic E-state index is 0.539. The van der Waals surface area contributed by atoms with Gasteiger partial charge in [0.05, 0.1) is 19.6 Å². The van der Waals surface area contributed by atoms with Crippen LogP contribution in [0, 0.1) is 5.92 Å². The molecule has 110 valence electrons. The van der Waals surface area contributed by atoms with Crippen molar-refractivity contribution in [3.63, 3.8) is 0 Å². The Morgan fingerprint density at radius 1 is 0.950 bits per heavy atom. The second-order valence-electron chi connectivity index (χ2n) is 7.29. The van der Waals surface area contributed by atoms with E-state index in [2.05, 4.69) is 5.16 Å². The molecule has 1 saturated carbocycles. The Bertz CT molecular complexity index is 442. The molecule has 4 heterocycles. The third-order valence-electron chi connectivity index (χ3n) is 5.95. The lowest BCUT2D eigenvalue weighted by atomic mass is 9.86. The van der Waals surface area contributed by atoms with Gasteiger partial charge in [-0.05, 0) is 38.0 Å². The quantitative estimate of drug-likeness (QED) is 0.796. The van der Waals surface area contributed by atoms with Crippen LogP contribution in [0.15, 0.2) is 4.52 Å². The van der Waals surface area contributed by atoms with Crippen molar-refractivity contribution in [2.24, 2.45) is 5.92 Å². The molecule has 4 nitrogen and oxygen atoms in total. The van der Waals surface area contributed by atoms with Crippen molar-refractivity contribution in [2.75, 3.05) is 19.6 Å². The van der Waals surface area contributed by atoms with E-state index in [1.807, 2.05) is 0 Å². The summed E-state index contributed by atoms with van der Waals surface area (Å²) in [5, 5.41) is 4.29. The number of hydrogen-bond donors (Lipinski definition) is 0. The first-order chi connectivity index (χ1) is 9.83. The number of rotatable bonds is 3. The third-order valence-corrected chi connectivity index (χ3v) is 5.95. The Hall–Kier alpha value is -0.900. The van der Waals surface area contributed by atoms with Gasteiger partial charge in [-0.2, -0.15) is 4.98 Å². The fraction of sp³-hybridized carbons (Fsp3) is 0.875. The van der Waals surface area contributed by atoms with Crippen LogP contribution in [-0.4, -0.2) is 34.3 Å². The normalized spacial score (nSPS) is 34.5. The molecule has 0 spiro atoms. The molecule has 20 heavy (non-hydrogen) atoms. The van der Waals surface area contributed by atoms with Crippen LogP contribution in [-0.2, 0) is 6.54 Å². The van der Waals surface area contributed by atoms with Crippen molar-refractivity contribution in [1.82, 2.24) is 10.1 Å². The molecular weight excluding hydrogens is 250 g/mol. The van der Waals surface area contributed by atoms with Crippen molar-refractivity contribution in [3.8, 4) is 0 Å². The summed E-state index contributed by atoms with van der Waals surface area (Å²) < 4.78 is 6.80. The van der Waals surface area contributed by atoms with Gasteiger partial charge in [0.25, 0.3) is 0 Å². The lowest BCUT2D eigenvalue weighted by Gasteiger charge is -2.48. The molecule has 1 aliphatic carbocycles. The summed E-state index contributed by atoms with van der Waals surface area (Å²) in [6.07, 6.45) is 10.7. The van der Waals surface area contributed by atoms with Crippen molar-refractivity contribution in [3.05, 3.63) is 11.7 Å². The molecule has 1 aromatic heterocycles. The van der Waals surface area contributed by atoms with Crippen LogP contribution >= 0.6 is 0 Å². The topological polar surface area (TPSA) is 38.9 Å². The summed E-state index contributed by atoms with van der Waals surface area (Å²) in [4.78, 5) is 4.74. The molecule has 0 atom stereocenters. The van der Waals surface area contributed by atoms with Gasteiger partial charge in [0.15, 0.2) is 0 Å². The van der Waals surface area contributed by atoms with E-state index in [0.29, 0.717) is 5.92 Å². The zero-order valence-electron chi connectivity index (χ0n) is 12.4. The van der Waals surface area contributed by atoms with Gasteiger partial charge in [-0.1, -0.05) is 24.4 Å². The van der Waals surface area contributed by atoms with Crippen molar-refractivity contribution in [1.29, 1.82) is 0 Å². The fourth-order valence-electron chi connectivity index (χ4n) is 4.52. The molecule has 2 bridgehead atoms. The molecule has 1 aromatic rings. The second kappa shape index (κ2) is 5.14. The van der Waals surface area contributed by atoms with Crippen LogP contribution < -0.4 is 0 Å². The number of hydrogen-bond acceptors (Lipinski definition) is 3. The highest BCUT2D eigenvalue weighted by molar-refractivity contribution is 4.95. The Morgan fingerprint density at radius 2 is 1.65 bits per heavy atom. The van der Waals surface area contributed by atoms with Gasteiger partial charge in [0.1, 0.15) is 6.54 Å². The van der Waals surface area contributed by atoms with E-state index < -0.39 is 0 Å². The molecule has 4 fully saturated rings. The molecule has 0 aromatic carbocycles. The summed E-state index contributed by atoms with van der Waals surface area (Å²) >= 11 is 0. The van der Waals surface area contributed by atoms with E-state index in [4.69, 9.17) is 9.51 Å². The molecule has 3 saturated heterocycles. The molecular formula is C16H26N3O+. The molecule has 3 aliphatic heterocycles. The zero-order valence-corrected chi connectivity index (χ0v) is 12.4. The van der Waals surface area contributed by atoms with Gasteiger partial charge in [-0.3, -0.25) is 0 Å². The number of quaternary nitrogens is 1. The van der Waals surface area contributed by atoms with E-state index in [1.54, 1.807) is 0 Å². The maximum atomic E-state index is 5.58. The first kappa shape index (κ1) is 12.8. The van der Waals surface area contributed by atoms with Crippen LogP contribution in [0.3, 0.4) is 0 Å². The number of piperidine rings is 3. The SMILES string of the molecule is C1CCC(c2nc(C[N+]34CCC(CC3)CC4)no2)CC1. The van der Waals surface area contributed by atoms with E-state index in [9.17, 15) is 0 Å². The second-order valence-corrected chi connectivity index (χ2v) is 7.29. The first-order valence-corrected chi connectivity index (χ1v) is 8.51. The first-order valence-electron chi connectivity index (χ1n) is 8.51. The Balaban J connectivity index is 1.45. The maximum Gasteiger partial charge on any atom is 0.229 e. The highest BCUT2D eigenvalue weighted by Gasteiger charge is 2.40. The van der Waals surface area contributed by atoms with Gasteiger partial charge >= 0.3 is 0 Å². The average Bonchev–Trinajstić information content (AvgIpc) is 2.98. The summed E-state index contributed by atoms with van der Waals surface area (Å²) in [5.74, 6) is 3.44. The zero-order chi connectivity index (χ0) is 13.4. The highest BCUT2D eigenvalue weighted by Crippen LogP contribution is 2.35. The standard InChI is InChI=1S/C16H26N3O/c1-2-4-14(5-3-1)16-17-15(18-20-16)12-19-9-6-13(7-10-19)8-11-19/h13-14H,1-12H2/q+1. The van der Waals surface area contributed by atoms with Gasteiger partial charge in [-0.25, -0.2) is 0 Å². The van der Waals surface area contributed by atoms with E-state index in [0.717, 1.165) is 24.2 Å². The third kappa shape index (κ3) is 2.39. The molecule has 0 unspecified atom stereocenters. The van der Waals surface area contributed by atoms with Gasteiger partial charge in [-0.15, -0.1) is 0 Å². The summed E-state index contributed by atoms with van der Waals surface area (Å²) in [6.45, 7) is 5.00. The monoisotopic (exact) mass is 276 g/mol. The predicted octanol–water partition coefficient (Wildman–Crippen LogP) is 3.25. The van der Waals surface area contributed by atoms with Crippen LogP contribution in [0.2, 0.25) is 0 Å². The largest absolute Gasteiger partial charge is 0.339 e. The summed E-state index contributed by atoms with van der Waals surface area (Å²) in [7, 11) is 0. The fourth-order valence-corrected chi connectivity index (χ4v) is 4.52. The van der Waals surface area contributed by atoms with Gasteiger partial charge < -0.3 is 9.01 Å². The molecule has 4 aliphatic rings. The Kier molecular flexibility index (Phi) is 3.29. The van der Waals surface area contributed by atoms with Gasteiger partial charge in [0.2, 0.25) is 11.7 Å². The molecule has 0 radical (unpaired) electrons. The van der Waals surface area contributed by atoms with Crippen LogP contribution in [0.4, 0.5) is 0 Å². The molecule has 4 heteroatoms. The Labute approximate surface area is 121 Å². The molecule has 0 N–H and O–H groups in total. The number of aromatic nitrogens is 2. The summed E-state index contributed by atoms with van der Waals surface area (Å²) in [6, 6.07) is 0. The van der Waals surface area contributed by atoms with Crippen LogP contribution in [0.25, 0.3) is 0 Å². The minimum absolute atomic E-state index is 0.539. The lowest BCUT2D eigenvalue weighted by Crippen LogP contribution is -2.57. The van der Waals surface area contributed by atoms with Crippen molar-refractivity contribution >= 4 is 0 Å². The lowest BCUT2D eigenvalue weighted by molar-refractivity contribution is -0.955. The predicted molar refractivity (Wildman–Crippen MR) is 76.0 cm³/mol. The molecule has 5 rings (SSSR count). The maximum absolute atomic E-state index is 5.58. The average molecular weight is 276 g/mol.